The van der Waals surface area contributed by atoms with Gasteiger partial charge in [-0.05, 0) is 6.07 Å². The van der Waals surface area contributed by atoms with Crippen molar-refractivity contribution in [2.24, 2.45) is 0 Å². The van der Waals surface area contributed by atoms with E-state index in [-0.39, 0.29) is 15.8 Å². The molecular formula is C15H11Cl3O3. The zero-order valence-corrected chi connectivity index (χ0v) is 13.2. The highest BCUT2D eigenvalue weighted by Crippen LogP contribution is 2.36. The second kappa shape index (κ2) is 7.03. The Hall–Kier alpha value is -1.42. The molecule has 0 heterocycles. The first-order valence-corrected chi connectivity index (χ1v) is 7.10. The Kier molecular flexibility index (Phi) is 5.34. The van der Waals surface area contributed by atoms with E-state index in [1.165, 1.54) is 19.2 Å². The van der Waals surface area contributed by atoms with E-state index < -0.39 is 12.1 Å². The van der Waals surface area contributed by atoms with E-state index in [0.29, 0.717) is 10.6 Å². The van der Waals surface area contributed by atoms with E-state index in [0.717, 1.165) is 0 Å². The van der Waals surface area contributed by atoms with Crippen molar-refractivity contribution in [2.45, 2.75) is 6.10 Å². The van der Waals surface area contributed by atoms with Crippen LogP contribution in [0.5, 0.6) is 5.75 Å². The van der Waals surface area contributed by atoms with E-state index in [9.17, 15) is 4.79 Å². The molecule has 2 aromatic rings. The molecule has 0 aliphatic heterocycles. The number of methoxy groups -OCH3 is 1. The van der Waals surface area contributed by atoms with Gasteiger partial charge in [-0.25, -0.2) is 4.79 Å². The van der Waals surface area contributed by atoms with Crippen molar-refractivity contribution in [1.82, 2.24) is 0 Å². The Morgan fingerprint density at radius 1 is 1.00 bits per heavy atom. The van der Waals surface area contributed by atoms with Gasteiger partial charge in [0.05, 0.1) is 22.2 Å². The summed E-state index contributed by atoms with van der Waals surface area (Å²) in [7, 11) is 1.29. The predicted molar refractivity (Wildman–Crippen MR) is 83.3 cm³/mol. The van der Waals surface area contributed by atoms with Gasteiger partial charge in [0.1, 0.15) is 5.75 Å². The fraction of sp³-hybridized carbons (Fsp3) is 0.133. The lowest BCUT2D eigenvalue weighted by Gasteiger charge is -2.18. The molecule has 2 aromatic carbocycles. The van der Waals surface area contributed by atoms with Crippen molar-refractivity contribution >= 4 is 40.8 Å². The van der Waals surface area contributed by atoms with Crippen molar-refractivity contribution in [3.05, 3.63) is 63.1 Å². The monoisotopic (exact) mass is 344 g/mol. The van der Waals surface area contributed by atoms with Crippen LogP contribution in [0.2, 0.25) is 15.1 Å². The summed E-state index contributed by atoms with van der Waals surface area (Å²) in [5, 5.41) is 0.852. The molecule has 0 fully saturated rings. The van der Waals surface area contributed by atoms with Crippen LogP contribution in [0, 0.1) is 0 Å². The van der Waals surface area contributed by atoms with Gasteiger partial charge in [-0.1, -0.05) is 65.1 Å². The smallest absolute Gasteiger partial charge is 0.351 e. The standard InChI is InChI=1S/C15H11Cl3O3/c1-20-15(19)14(9-5-3-2-4-6-9)21-13-8-11(17)10(16)7-12(13)18/h2-8,14H,1H3. The molecule has 0 saturated heterocycles. The maximum atomic E-state index is 11.9. The van der Waals surface area contributed by atoms with Crippen molar-refractivity contribution in [2.75, 3.05) is 7.11 Å². The number of hydrogen-bond acceptors (Lipinski definition) is 3. The van der Waals surface area contributed by atoms with Gasteiger partial charge >= 0.3 is 5.97 Å². The van der Waals surface area contributed by atoms with Gasteiger partial charge in [0.25, 0.3) is 0 Å². The summed E-state index contributed by atoms with van der Waals surface area (Å²) in [4.78, 5) is 11.9. The molecule has 1 atom stereocenters. The third-order valence-electron chi connectivity index (χ3n) is 2.74. The lowest BCUT2D eigenvalue weighted by molar-refractivity contribution is -0.149. The highest BCUT2D eigenvalue weighted by atomic mass is 35.5. The molecule has 0 aliphatic carbocycles. The largest absolute Gasteiger partial charge is 0.472 e. The molecule has 0 aromatic heterocycles. The molecule has 6 heteroatoms. The molecule has 1 unspecified atom stereocenters. The highest BCUT2D eigenvalue weighted by molar-refractivity contribution is 6.43. The number of hydrogen-bond donors (Lipinski definition) is 0. The maximum absolute atomic E-state index is 11.9. The molecule has 0 spiro atoms. The van der Waals surface area contributed by atoms with E-state index in [2.05, 4.69) is 0 Å². The number of rotatable bonds is 4. The van der Waals surface area contributed by atoms with Gasteiger partial charge in [0, 0.05) is 11.6 Å². The third kappa shape index (κ3) is 3.82. The highest BCUT2D eigenvalue weighted by Gasteiger charge is 2.24. The Morgan fingerprint density at radius 3 is 2.24 bits per heavy atom. The fourth-order valence-corrected chi connectivity index (χ4v) is 2.29. The Bertz CT molecular complexity index is 644. The minimum absolute atomic E-state index is 0.255. The summed E-state index contributed by atoms with van der Waals surface area (Å²) in [6.07, 6.45) is -0.939. The number of ether oxygens (including phenoxy) is 2. The molecule has 0 bridgehead atoms. The summed E-state index contributed by atoms with van der Waals surface area (Å²) in [5.41, 5.74) is 0.645. The molecule has 0 N–H and O–H groups in total. The SMILES string of the molecule is COC(=O)C(Oc1cc(Cl)c(Cl)cc1Cl)c1ccccc1. The van der Waals surface area contributed by atoms with Crippen molar-refractivity contribution in [3.63, 3.8) is 0 Å². The molecule has 0 amide bonds. The Labute approximate surface area is 137 Å². The predicted octanol–water partition coefficient (Wildman–Crippen LogP) is 4.94. The average Bonchev–Trinajstić information content (AvgIpc) is 2.49. The van der Waals surface area contributed by atoms with Gasteiger partial charge in [-0.2, -0.15) is 0 Å². The molecule has 2 rings (SSSR count). The van der Waals surface area contributed by atoms with E-state index in [1.807, 2.05) is 6.07 Å². The lowest BCUT2D eigenvalue weighted by atomic mass is 10.1. The summed E-state index contributed by atoms with van der Waals surface area (Å²) < 4.78 is 10.4. The van der Waals surface area contributed by atoms with Crippen LogP contribution < -0.4 is 4.74 Å². The van der Waals surface area contributed by atoms with Gasteiger partial charge in [0.15, 0.2) is 0 Å². The zero-order chi connectivity index (χ0) is 15.4. The normalized spacial score (nSPS) is 11.8. The Balaban J connectivity index is 2.36. The summed E-state index contributed by atoms with van der Waals surface area (Å²) >= 11 is 17.9. The van der Waals surface area contributed by atoms with Crippen molar-refractivity contribution in [3.8, 4) is 5.75 Å². The first-order valence-electron chi connectivity index (χ1n) is 5.97. The van der Waals surface area contributed by atoms with Crippen LogP contribution in [0.15, 0.2) is 42.5 Å². The van der Waals surface area contributed by atoms with Gasteiger partial charge in [-0.15, -0.1) is 0 Å². The second-order valence-corrected chi connectivity index (χ2v) is 5.35. The zero-order valence-electron chi connectivity index (χ0n) is 11.0. The van der Waals surface area contributed by atoms with Crippen molar-refractivity contribution < 1.29 is 14.3 Å². The van der Waals surface area contributed by atoms with Crippen LogP contribution in [-0.4, -0.2) is 13.1 Å². The van der Waals surface area contributed by atoms with Crippen LogP contribution in [0.25, 0.3) is 0 Å². The summed E-state index contributed by atoms with van der Waals surface area (Å²) in [6, 6.07) is 11.9. The number of carbonyl (C=O) groups excluding carboxylic acids is 1. The number of carbonyl (C=O) groups is 1. The van der Waals surface area contributed by atoms with Crippen LogP contribution >= 0.6 is 34.8 Å². The average molecular weight is 346 g/mol. The number of esters is 1. The van der Waals surface area contributed by atoms with Crippen molar-refractivity contribution in [1.29, 1.82) is 0 Å². The van der Waals surface area contributed by atoms with Crippen LogP contribution in [0.1, 0.15) is 11.7 Å². The van der Waals surface area contributed by atoms with Gasteiger partial charge < -0.3 is 9.47 Å². The molecular weight excluding hydrogens is 335 g/mol. The topological polar surface area (TPSA) is 35.5 Å². The minimum Gasteiger partial charge on any atom is -0.472 e. The molecule has 21 heavy (non-hydrogen) atoms. The quantitative estimate of drug-likeness (QED) is 0.581. The molecule has 0 aliphatic rings. The van der Waals surface area contributed by atoms with E-state index >= 15 is 0 Å². The van der Waals surface area contributed by atoms with E-state index in [4.69, 9.17) is 44.3 Å². The number of halogens is 3. The Morgan fingerprint density at radius 2 is 1.62 bits per heavy atom. The maximum Gasteiger partial charge on any atom is 0.351 e. The summed E-state index contributed by atoms with van der Waals surface area (Å²) in [6.45, 7) is 0. The summed E-state index contributed by atoms with van der Waals surface area (Å²) in [5.74, 6) is -0.284. The van der Waals surface area contributed by atoms with Crippen LogP contribution in [-0.2, 0) is 9.53 Å². The lowest BCUT2D eigenvalue weighted by Crippen LogP contribution is -2.20. The van der Waals surface area contributed by atoms with Crippen LogP contribution in [0.4, 0.5) is 0 Å². The molecule has 0 radical (unpaired) electrons. The van der Waals surface area contributed by atoms with Crippen LogP contribution in [0.3, 0.4) is 0 Å². The van der Waals surface area contributed by atoms with E-state index in [1.54, 1.807) is 24.3 Å². The first kappa shape index (κ1) is 16.0. The van der Waals surface area contributed by atoms with Gasteiger partial charge in [0.2, 0.25) is 6.10 Å². The number of benzene rings is 2. The third-order valence-corrected chi connectivity index (χ3v) is 3.75. The minimum atomic E-state index is -0.939. The molecule has 110 valence electrons. The van der Waals surface area contributed by atoms with Gasteiger partial charge in [-0.3, -0.25) is 0 Å². The molecule has 3 nitrogen and oxygen atoms in total. The fourth-order valence-electron chi connectivity index (χ4n) is 1.71. The molecule has 0 saturated carbocycles. The second-order valence-electron chi connectivity index (χ2n) is 4.13. The first-order chi connectivity index (χ1) is 10.0.